The van der Waals surface area contributed by atoms with E-state index in [4.69, 9.17) is 23.1 Å². The molecule has 10 heteroatoms. The molecule has 0 unspecified atom stereocenters. The fourth-order valence-corrected chi connectivity index (χ4v) is 15.1. The van der Waals surface area contributed by atoms with Gasteiger partial charge in [-0.3, -0.25) is 9.59 Å². The number of methoxy groups -OCH3 is 1. The van der Waals surface area contributed by atoms with E-state index in [1.54, 1.807) is 7.11 Å². The highest BCUT2D eigenvalue weighted by molar-refractivity contribution is 6.77. The van der Waals surface area contributed by atoms with Gasteiger partial charge in [0, 0.05) is 24.4 Å². The molecule has 0 spiro atoms. The molecule has 0 bridgehead atoms. The van der Waals surface area contributed by atoms with Gasteiger partial charge in [-0.1, -0.05) is 86.6 Å². The summed E-state index contributed by atoms with van der Waals surface area (Å²) in [6.45, 7) is 25.9. The van der Waals surface area contributed by atoms with Crippen molar-refractivity contribution in [1.82, 2.24) is 0 Å². The van der Waals surface area contributed by atoms with Gasteiger partial charge in [0.1, 0.15) is 17.8 Å². The van der Waals surface area contributed by atoms with Crippen molar-refractivity contribution in [3.8, 4) is 11.8 Å². The van der Waals surface area contributed by atoms with Crippen LogP contribution in [0.3, 0.4) is 0 Å². The van der Waals surface area contributed by atoms with E-state index in [1.165, 1.54) is 0 Å². The number of esters is 1. The topological polar surface area (TPSA) is 104 Å². The van der Waals surface area contributed by atoms with E-state index in [0.29, 0.717) is 49.3 Å². The summed E-state index contributed by atoms with van der Waals surface area (Å²) in [5, 5.41) is 9.25. The Morgan fingerprint density at radius 2 is 1.65 bits per heavy atom. The van der Waals surface area contributed by atoms with Crippen molar-refractivity contribution < 1.29 is 32.7 Å². The van der Waals surface area contributed by atoms with Gasteiger partial charge in [-0.05, 0) is 65.3 Å². The summed E-state index contributed by atoms with van der Waals surface area (Å²) in [5.41, 5.74) is -0.126. The lowest BCUT2D eigenvalue weighted by atomic mass is 9.89. The predicted octanol–water partition coefficient (Wildman–Crippen LogP) is 9.16. The number of hydrogen-bond acceptors (Lipinski definition) is 8. The van der Waals surface area contributed by atoms with Crippen molar-refractivity contribution in [1.29, 1.82) is 5.26 Å². The number of ketones is 1. The van der Waals surface area contributed by atoms with Gasteiger partial charge in [-0.25, -0.2) is 0 Å². The molecule has 0 N–H and O–H groups in total. The fourth-order valence-electron chi connectivity index (χ4n) is 8.42. The number of ether oxygens (including phenoxy) is 3. The number of carbonyl (C=O) groups excluding carboxylic acids is 2. The van der Waals surface area contributed by atoms with E-state index in [9.17, 15) is 14.9 Å². The van der Waals surface area contributed by atoms with Crippen LogP contribution in [-0.4, -0.2) is 61.4 Å². The molecule has 0 radical (unpaired) electrons. The Morgan fingerprint density at radius 3 is 2.18 bits per heavy atom. The SMILES string of the molecule is COc1ccc(COC/C=C/[C@H]2[C@@]3(C(=O)OCCC#N)C(=O)C[C@H](O[Si](C(C)C)(C(C)C)C(C)C)[C@@]23CCCO[Si](C)(C)C(C)(C)C)cc1. The first-order chi connectivity index (χ1) is 22.9. The van der Waals surface area contributed by atoms with E-state index >= 15 is 0 Å². The Hall–Kier alpha value is -2.30. The highest BCUT2D eigenvalue weighted by Crippen LogP contribution is 2.80. The van der Waals surface area contributed by atoms with Crippen LogP contribution >= 0.6 is 0 Å². The molecule has 49 heavy (non-hydrogen) atoms. The number of rotatable bonds is 19. The third-order valence-corrected chi connectivity index (χ3v) is 22.5. The maximum absolute atomic E-state index is 14.4. The van der Waals surface area contributed by atoms with Crippen LogP contribution in [0, 0.1) is 28.1 Å². The second-order valence-corrected chi connectivity index (χ2v) is 26.6. The average Bonchev–Trinajstić information content (AvgIpc) is 3.54. The lowest BCUT2D eigenvalue weighted by Gasteiger charge is -2.46. The van der Waals surface area contributed by atoms with Gasteiger partial charge in [0.15, 0.2) is 14.1 Å². The molecule has 4 atom stereocenters. The molecule has 274 valence electrons. The summed E-state index contributed by atoms with van der Waals surface area (Å²) in [7, 11) is -2.79. The Bertz CT molecular complexity index is 1320. The first kappa shape index (κ1) is 41.1. The van der Waals surface area contributed by atoms with Crippen LogP contribution in [0.25, 0.3) is 0 Å². The van der Waals surface area contributed by atoms with Crippen molar-refractivity contribution >= 4 is 28.4 Å². The third kappa shape index (κ3) is 7.96. The zero-order chi connectivity index (χ0) is 36.8. The first-order valence-electron chi connectivity index (χ1n) is 18.2. The quantitative estimate of drug-likeness (QED) is 0.0460. The van der Waals surface area contributed by atoms with E-state index in [2.05, 4.69) is 81.5 Å². The molecule has 2 aliphatic rings. The Kier molecular flexibility index (Phi) is 13.7. The van der Waals surface area contributed by atoms with Crippen LogP contribution < -0.4 is 4.74 Å². The van der Waals surface area contributed by atoms with Crippen LogP contribution in [0.2, 0.25) is 34.8 Å². The van der Waals surface area contributed by atoms with Gasteiger partial charge in [-0.2, -0.15) is 5.26 Å². The number of carbonyl (C=O) groups is 2. The molecule has 3 rings (SSSR count). The van der Waals surface area contributed by atoms with Crippen molar-refractivity contribution in [2.24, 2.45) is 16.7 Å². The Morgan fingerprint density at radius 1 is 1.04 bits per heavy atom. The van der Waals surface area contributed by atoms with Crippen molar-refractivity contribution in [2.75, 3.05) is 26.9 Å². The van der Waals surface area contributed by atoms with Gasteiger partial charge < -0.3 is 23.1 Å². The third-order valence-electron chi connectivity index (χ3n) is 11.9. The molecular formula is C39H63NO7Si2. The molecule has 0 saturated heterocycles. The minimum Gasteiger partial charge on any atom is -0.497 e. The van der Waals surface area contributed by atoms with Gasteiger partial charge in [-0.15, -0.1) is 0 Å². The minimum atomic E-state index is -2.43. The first-order valence-corrected chi connectivity index (χ1v) is 23.2. The molecule has 1 aromatic carbocycles. The summed E-state index contributed by atoms with van der Waals surface area (Å²) in [5.74, 6) is -0.241. The lowest BCUT2D eigenvalue weighted by molar-refractivity contribution is -0.154. The molecule has 2 saturated carbocycles. The number of Topliss-reactive ketones (excluding diaryl/α,β-unsaturated/α-hetero) is 1. The lowest BCUT2D eigenvalue weighted by Crippen LogP contribution is -2.51. The molecule has 0 aliphatic heterocycles. The zero-order valence-corrected chi connectivity index (χ0v) is 34.3. The van der Waals surface area contributed by atoms with Crippen LogP contribution in [-0.2, 0) is 34.5 Å². The van der Waals surface area contributed by atoms with Gasteiger partial charge >= 0.3 is 5.97 Å². The van der Waals surface area contributed by atoms with Crippen LogP contribution in [0.5, 0.6) is 5.75 Å². The summed E-state index contributed by atoms with van der Waals surface area (Å²) in [4.78, 5) is 28.5. The largest absolute Gasteiger partial charge is 0.497 e. The molecule has 1 aromatic rings. The number of benzene rings is 1. The second kappa shape index (κ2) is 16.4. The van der Waals surface area contributed by atoms with Crippen molar-refractivity contribution in [3.05, 3.63) is 42.0 Å². The standard InChI is InChI=1S/C39H63NO7Si2/c1-28(2)49(29(3)4,30(5)6)47-35-26-34(41)39(36(42)45-24-15-22-40)33(16-13-23-44-27-31-17-19-32(43-10)20-18-31)38(35,39)21-14-25-46-48(11,12)37(7,8)9/h13,16-20,28-30,33,35H,14-15,21,23-27H2,1-12H3/b16-13+/t33-,35+,38-,39+/m1/s1. The van der Waals surface area contributed by atoms with E-state index < -0.39 is 45.5 Å². The van der Waals surface area contributed by atoms with E-state index in [-0.39, 0.29) is 30.3 Å². The molecule has 2 aliphatic carbocycles. The predicted molar refractivity (Wildman–Crippen MR) is 199 cm³/mol. The van der Waals surface area contributed by atoms with Crippen molar-refractivity contribution in [2.45, 2.75) is 135 Å². The maximum atomic E-state index is 14.4. The molecule has 0 heterocycles. The Labute approximate surface area is 298 Å². The van der Waals surface area contributed by atoms with E-state index in [0.717, 1.165) is 11.3 Å². The highest BCUT2D eigenvalue weighted by atomic mass is 28.4. The average molecular weight is 714 g/mol. The minimum absolute atomic E-state index is 0.0372. The smallest absolute Gasteiger partial charge is 0.321 e. The normalized spacial score (nSPS) is 24.2. The maximum Gasteiger partial charge on any atom is 0.321 e. The number of fused-ring (bicyclic) bond motifs is 1. The highest BCUT2D eigenvalue weighted by Gasteiger charge is 2.89. The summed E-state index contributed by atoms with van der Waals surface area (Å²) in [6.07, 6.45) is 5.10. The molecule has 8 nitrogen and oxygen atoms in total. The van der Waals surface area contributed by atoms with Gasteiger partial charge in [0.05, 0.1) is 38.9 Å². The summed E-state index contributed by atoms with van der Waals surface area (Å²) >= 11 is 0. The molecular weight excluding hydrogens is 651 g/mol. The summed E-state index contributed by atoms with van der Waals surface area (Å²) < 4.78 is 31.0. The molecule has 2 fully saturated rings. The van der Waals surface area contributed by atoms with Gasteiger partial charge in [0.25, 0.3) is 0 Å². The second-order valence-electron chi connectivity index (χ2n) is 16.4. The molecule has 0 amide bonds. The monoisotopic (exact) mass is 713 g/mol. The van der Waals surface area contributed by atoms with Crippen molar-refractivity contribution in [3.63, 3.8) is 0 Å². The Balaban J connectivity index is 2.00. The fraction of sp³-hybridized carbons (Fsp3) is 0.718. The number of nitrogens with zero attached hydrogens (tertiary/aromatic N) is 1. The van der Waals surface area contributed by atoms with E-state index in [1.807, 2.05) is 36.4 Å². The summed E-state index contributed by atoms with van der Waals surface area (Å²) in [6, 6.07) is 9.80. The van der Waals surface area contributed by atoms with Crippen LogP contribution in [0.1, 0.15) is 93.6 Å². The van der Waals surface area contributed by atoms with Crippen LogP contribution in [0.4, 0.5) is 0 Å². The molecule has 0 aromatic heterocycles. The number of allylic oxidation sites excluding steroid dienone is 1. The number of nitriles is 1. The number of hydrogen-bond donors (Lipinski definition) is 0. The zero-order valence-electron chi connectivity index (χ0n) is 32.3. The van der Waals surface area contributed by atoms with Crippen LogP contribution in [0.15, 0.2) is 36.4 Å². The van der Waals surface area contributed by atoms with Gasteiger partial charge in [0.2, 0.25) is 8.32 Å².